The monoisotopic (exact) mass is 403 g/mol. The van der Waals surface area contributed by atoms with Crippen LogP contribution in [0.1, 0.15) is 42.3 Å². The van der Waals surface area contributed by atoms with Gasteiger partial charge >= 0.3 is 0 Å². The zero-order valence-corrected chi connectivity index (χ0v) is 18.0. The molecule has 152 valence electrons. The number of rotatable bonds is 8. The summed E-state index contributed by atoms with van der Waals surface area (Å²) in [5, 5.41) is 6.05. The van der Waals surface area contributed by atoms with Crippen LogP contribution in [-0.2, 0) is 10.0 Å². The van der Waals surface area contributed by atoms with Crippen molar-refractivity contribution in [3.63, 3.8) is 0 Å². The first-order valence-electron chi connectivity index (χ1n) is 9.51. The fourth-order valence-electron chi connectivity index (χ4n) is 3.01. The Morgan fingerprint density at radius 3 is 2.25 bits per heavy atom. The number of hydrogen-bond donors (Lipinski definition) is 2. The van der Waals surface area contributed by atoms with E-state index < -0.39 is 10.0 Å². The number of anilines is 2. The third-order valence-electron chi connectivity index (χ3n) is 4.59. The molecule has 0 aliphatic heterocycles. The van der Waals surface area contributed by atoms with Crippen molar-refractivity contribution in [2.24, 2.45) is 0 Å². The molecule has 0 saturated heterocycles. The van der Waals surface area contributed by atoms with Crippen LogP contribution in [0.3, 0.4) is 0 Å². The molecule has 28 heavy (non-hydrogen) atoms. The van der Waals surface area contributed by atoms with Crippen molar-refractivity contribution in [2.45, 2.75) is 39.5 Å². The van der Waals surface area contributed by atoms with E-state index in [4.69, 9.17) is 0 Å². The minimum absolute atomic E-state index is 0.161. The maximum Gasteiger partial charge on any atom is 0.255 e. The summed E-state index contributed by atoms with van der Waals surface area (Å²) in [6.45, 7) is 10.8. The summed E-state index contributed by atoms with van der Waals surface area (Å²) in [7, 11) is -3.62. The highest BCUT2D eigenvalue weighted by atomic mass is 32.2. The fourth-order valence-corrected chi connectivity index (χ4v) is 4.50. The zero-order chi connectivity index (χ0) is 20.9. The van der Waals surface area contributed by atoms with Crippen LogP contribution < -0.4 is 10.6 Å². The number of carbonyl (C=O) groups is 1. The quantitative estimate of drug-likeness (QED) is 0.698. The van der Waals surface area contributed by atoms with Crippen molar-refractivity contribution < 1.29 is 13.2 Å². The normalized spacial score (nSPS) is 11.5. The van der Waals surface area contributed by atoms with Gasteiger partial charge in [-0.2, -0.15) is 4.31 Å². The van der Waals surface area contributed by atoms with Crippen molar-refractivity contribution in [2.75, 3.05) is 30.3 Å². The molecule has 6 nitrogen and oxygen atoms in total. The molecule has 0 aliphatic rings. The van der Waals surface area contributed by atoms with Gasteiger partial charge in [-0.25, -0.2) is 8.42 Å². The number of benzene rings is 2. The first-order valence-corrected chi connectivity index (χ1v) is 10.9. The van der Waals surface area contributed by atoms with Gasteiger partial charge < -0.3 is 10.6 Å². The van der Waals surface area contributed by atoms with E-state index in [2.05, 4.69) is 10.6 Å². The molecule has 0 radical (unpaired) electrons. The van der Waals surface area contributed by atoms with E-state index in [9.17, 15) is 13.2 Å². The molecule has 0 bridgehead atoms. The summed E-state index contributed by atoms with van der Waals surface area (Å²) in [5.41, 5.74) is 3.54. The highest BCUT2D eigenvalue weighted by Crippen LogP contribution is 2.28. The number of nitrogens with zero attached hydrogens (tertiary/aromatic N) is 1. The molecule has 0 fully saturated rings. The van der Waals surface area contributed by atoms with Crippen LogP contribution in [-0.4, -0.2) is 38.3 Å². The van der Waals surface area contributed by atoms with Crippen molar-refractivity contribution in [1.29, 1.82) is 0 Å². The van der Waals surface area contributed by atoms with Crippen LogP contribution in [0, 0.1) is 13.8 Å². The third-order valence-corrected chi connectivity index (χ3v) is 6.63. The largest absolute Gasteiger partial charge is 0.384 e. The number of aryl methyl sites for hydroxylation is 2. The van der Waals surface area contributed by atoms with Crippen molar-refractivity contribution in [3.05, 3.63) is 53.1 Å². The maximum absolute atomic E-state index is 12.9. The molecule has 0 heterocycles. The van der Waals surface area contributed by atoms with Gasteiger partial charge in [0.2, 0.25) is 10.0 Å². The van der Waals surface area contributed by atoms with E-state index in [-0.39, 0.29) is 10.8 Å². The van der Waals surface area contributed by atoms with Gasteiger partial charge in [0.15, 0.2) is 0 Å². The molecule has 0 spiro atoms. The molecule has 0 aromatic heterocycles. The first-order chi connectivity index (χ1) is 13.2. The van der Waals surface area contributed by atoms with Gasteiger partial charge in [-0.05, 0) is 50.6 Å². The molecular weight excluding hydrogens is 374 g/mol. The Morgan fingerprint density at radius 1 is 0.964 bits per heavy atom. The van der Waals surface area contributed by atoms with Gasteiger partial charge in [0, 0.05) is 25.2 Å². The van der Waals surface area contributed by atoms with Crippen molar-refractivity contribution >= 4 is 27.3 Å². The molecule has 0 atom stereocenters. The molecule has 2 aromatic carbocycles. The van der Waals surface area contributed by atoms with E-state index in [0.29, 0.717) is 36.6 Å². The summed E-state index contributed by atoms with van der Waals surface area (Å²) >= 11 is 0. The molecule has 2 N–H and O–H groups in total. The van der Waals surface area contributed by atoms with E-state index >= 15 is 0 Å². The molecule has 7 heteroatoms. The first kappa shape index (κ1) is 21.9. The van der Waals surface area contributed by atoms with E-state index in [1.807, 2.05) is 39.0 Å². The second-order valence-corrected chi connectivity index (χ2v) is 8.54. The summed E-state index contributed by atoms with van der Waals surface area (Å²) in [6.07, 6.45) is 0. The molecule has 2 rings (SSSR count). The van der Waals surface area contributed by atoms with Crippen LogP contribution >= 0.6 is 0 Å². The Morgan fingerprint density at radius 2 is 1.64 bits per heavy atom. The number of nitrogens with one attached hydrogen (secondary N) is 2. The minimum atomic E-state index is -3.62. The van der Waals surface area contributed by atoms with Gasteiger partial charge in [-0.15, -0.1) is 0 Å². The Hall–Kier alpha value is -2.38. The van der Waals surface area contributed by atoms with E-state index in [1.54, 1.807) is 26.0 Å². The lowest BCUT2D eigenvalue weighted by molar-refractivity contribution is 0.102. The zero-order valence-electron chi connectivity index (χ0n) is 17.2. The van der Waals surface area contributed by atoms with Crippen LogP contribution in [0.25, 0.3) is 0 Å². The van der Waals surface area contributed by atoms with Gasteiger partial charge in [0.05, 0.1) is 16.3 Å². The molecular formula is C21H29N3O3S. The summed E-state index contributed by atoms with van der Waals surface area (Å²) < 4.78 is 27.1. The van der Waals surface area contributed by atoms with Crippen LogP contribution in [0.5, 0.6) is 0 Å². The number of sulfonamides is 1. The Balaban J connectivity index is 2.46. The molecule has 0 unspecified atom stereocenters. The highest BCUT2D eigenvalue weighted by Gasteiger charge is 2.23. The van der Waals surface area contributed by atoms with E-state index in [0.717, 1.165) is 11.1 Å². The number of amides is 1. The second kappa shape index (κ2) is 9.21. The summed E-state index contributed by atoms with van der Waals surface area (Å²) in [5.74, 6) is -0.266. The molecule has 0 saturated carbocycles. The lowest BCUT2D eigenvalue weighted by atomic mass is 10.0. The van der Waals surface area contributed by atoms with E-state index in [1.165, 1.54) is 10.4 Å². The predicted octanol–water partition coefficient (Wildman–Crippen LogP) is 4.02. The lowest BCUT2D eigenvalue weighted by Crippen LogP contribution is -2.30. The number of carbonyl (C=O) groups excluding carboxylic acids is 1. The minimum Gasteiger partial charge on any atom is -0.384 e. The average Bonchev–Trinajstić information content (AvgIpc) is 2.65. The predicted molar refractivity (Wildman–Crippen MR) is 115 cm³/mol. The summed E-state index contributed by atoms with van der Waals surface area (Å²) in [4.78, 5) is 13.0. The smallest absolute Gasteiger partial charge is 0.255 e. The van der Waals surface area contributed by atoms with Crippen LogP contribution in [0.2, 0.25) is 0 Å². The molecule has 2 aromatic rings. The summed E-state index contributed by atoms with van der Waals surface area (Å²) in [6, 6.07) is 10.5. The Bertz CT molecular complexity index is 951. The van der Waals surface area contributed by atoms with Crippen LogP contribution in [0.4, 0.5) is 11.4 Å². The molecule has 0 aliphatic carbocycles. The average molecular weight is 404 g/mol. The second-order valence-electron chi connectivity index (χ2n) is 6.60. The molecule has 1 amide bonds. The van der Waals surface area contributed by atoms with Crippen molar-refractivity contribution in [3.8, 4) is 0 Å². The maximum atomic E-state index is 12.9. The Labute approximate surface area is 168 Å². The Kier molecular flexibility index (Phi) is 7.21. The van der Waals surface area contributed by atoms with Crippen LogP contribution in [0.15, 0.2) is 41.3 Å². The highest BCUT2D eigenvalue weighted by molar-refractivity contribution is 7.89. The van der Waals surface area contributed by atoms with Gasteiger partial charge in [0.1, 0.15) is 0 Å². The third kappa shape index (κ3) is 4.72. The SMILES string of the molecule is CCNc1ccc(S(=O)(=O)N(CC)CC)cc1NC(=O)c1cc(C)ccc1C. The fraction of sp³-hybridized carbons (Fsp3) is 0.381. The van der Waals surface area contributed by atoms with Gasteiger partial charge in [-0.3, -0.25) is 4.79 Å². The van der Waals surface area contributed by atoms with Gasteiger partial charge in [0.25, 0.3) is 5.91 Å². The number of hydrogen-bond acceptors (Lipinski definition) is 4. The standard InChI is InChI=1S/C21H29N3O3S/c1-6-22-19-12-11-17(28(26,27)24(7-2)8-3)14-20(19)23-21(25)18-13-15(4)9-10-16(18)5/h9-14,22H,6-8H2,1-5H3,(H,23,25). The van der Waals surface area contributed by atoms with Crippen molar-refractivity contribution in [1.82, 2.24) is 4.31 Å². The topological polar surface area (TPSA) is 78.5 Å². The lowest BCUT2D eigenvalue weighted by Gasteiger charge is -2.20. The van der Waals surface area contributed by atoms with Gasteiger partial charge in [-0.1, -0.05) is 31.5 Å².